The van der Waals surface area contributed by atoms with Gasteiger partial charge in [0.15, 0.2) is 5.82 Å². The van der Waals surface area contributed by atoms with Crippen molar-refractivity contribution in [3.05, 3.63) is 52.9 Å². The molecule has 0 bridgehead atoms. The number of H-pyrrole nitrogens is 1. The minimum atomic E-state index is 0.373. The Hall–Kier alpha value is -2.23. The molecule has 3 aromatic rings. The van der Waals surface area contributed by atoms with E-state index in [1.165, 1.54) is 0 Å². The molecule has 3 rings (SSSR count). The molecule has 1 N–H and O–H groups in total. The van der Waals surface area contributed by atoms with E-state index in [0.29, 0.717) is 33.9 Å². The molecule has 0 radical (unpaired) electrons. The number of halogens is 1. The summed E-state index contributed by atoms with van der Waals surface area (Å²) in [6.07, 6.45) is 0. The van der Waals surface area contributed by atoms with Crippen LogP contribution in [-0.4, -0.2) is 15.1 Å². The molecule has 0 aliphatic rings. The predicted octanol–water partition coefficient (Wildman–Crippen LogP) is 3.88. The highest BCUT2D eigenvalue weighted by molar-refractivity contribution is 7.98. The smallest absolute Gasteiger partial charge is 0.274 e. The zero-order chi connectivity index (χ0) is 14.7. The Kier molecular flexibility index (Phi) is 3.95. The van der Waals surface area contributed by atoms with Crippen LogP contribution in [0.4, 0.5) is 0 Å². The number of nitrogens with zero attached hydrogens (tertiary/aromatic N) is 3. The van der Waals surface area contributed by atoms with Crippen molar-refractivity contribution in [2.24, 2.45) is 0 Å². The van der Waals surface area contributed by atoms with Crippen LogP contribution in [0, 0.1) is 11.3 Å². The third-order valence-electron chi connectivity index (χ3n) is 2.67. The van der Waals surface area contributed by atoms with Crippen molar-refractivity contribution in [2.45, 2.75) is 10.6 Å². The van der Waals surface area contributed by atoms with Gasteiger partial charge in [-0.05, 0) is 30.3 Å². The van der Waals surface area contributed by atoms with Crippen molar-refractivity contribution in [3.63, 3.8) is 0 Å². The average Bonchev–Trinajstić information content (AvgIpc) is 3.14. The number of aromatic amines is 1. The Labute approximate surface area is 129 Å². The number of rotatable bonds is 4. The van der Waals surface area contributed by atoms with Gasteiger partial charge in [-0.2, -0.15) is 10.2 Å². The molecule has 104 valence electrons. The lowest BCUT2D eigenvalue weighted by Crippen LogP contribution is -1.84. The van der Waals surface area contributed by atoms with Crippen molar-refractivity contribution >= 4 is 23.4 Å². The first-order chi connectivity index (χ1) is 10.2. The fourth-order valence-electron chi connectivity index (χ4n) is 1.71. The summed E-state index contributed by atoms with van der Waals surface area (Å²) in [5.74, 6) is 1.54. The lowest BCUT2D eigenvalue weighted by atomic mass is 10.4. The highest BCUT2D eigenvalue weighted by Crippen LogP contribution is 2.25. The molecule has 0 saturated heterocycles. The van der Waals surface area contributed by atoms with Gasteiger partial charge in [0.05, 0.1) is 5.75 Å². The standard InChI is InChI=1S/C14H9ClN4OS/c15-9-2-1-3-11(6-9)21-8-13-18-14(20-19-13)12-5-4-10(7-16)17-12/h1-6,17H,8H2. The van der Waals surface area contributed by atoms with Crippen molar-refractivity contribution in [2.75, 3.05) is 0 Å². The molecule has 1 aromatic carbocycles. The van der Waals surface area contributed by atoms with Crippen molar-refractivity contribution in [1.29, 1.82) is 5.26 Å². The van der Waals surface area contributed by atoms with Gasteiger partial charge in [0.1, 0.15) is 17.5 Å². The van der Waals surface area contributed by atoms with Gasteiger partial charge in [-0.25, -0.2) is 0 Å². The molecule has 0 aliphatic heterocycles. The Morgan fingerprint density at radius 3 is 3.00 bits per heavy atom. The Balaban J connectivity index is 1.69. The molecule has 0 spiro atoms. The second-order valence-corrected chi connectivity index (χ2v) is 5.64. The predicted molar refractivity (Wildman–Crippen MR) is 79.8 cm³/mol. The molecule has 0 aliphatic carbocycles. The number of thioether (sulfide) groups is 1. The van der Waals surface area contributed by atoms with Gasteiger partial charge in [-0.15, -0.1) is 11.8 Å². The summed E-state index contributed by atoms with van der Waals surface area (Å²) >= 11 is 7.51. The highest BCUT2D eigenvalue weighted by Gasteiger charge is 2.11. The van der Waals surface area contributed by atoms with E-state index >= 15 is 0 Å². The molecule has 2 heterocycles. The van der Waals surface area contributed by atoms with Gasteiger partial charge in [0.25, 0.3) is 5.89 Å². The third kappa shape index (κ3) is 3.27. The lowest BCUT2D eigenvalue weighted by molar-refractivity contribution is 0.424. The zero-order valence-electron chi connectivity index (χ0n) is 10.7. The van der Waals surface area contributed by atoms with Crippen LogP contribution in [0.25, 0.3) is 11.6 Å². The fraction of sp³-hybridized carbons (Fsp3) is 0.0714. The first-order valence-electron chi connectivity index (χ1n) is 6.05. The summed E-state index contributed by atoms with van der Waals surface area (Å²) in [6, 6.07) is 13.0. The van der Waals surface area contributed by atoms with Crippen LogP contribution in [0.15, 0.2) is 45.8 Å². The Morgan fingerprint density at radius 2 is 2.24 bits per heavy atom. The van der Waals surface area contributed by atoms with Gasteiger partial charge in [0.2, 0.25) is 0 Å². The van der Waals surface area contributed by atoms with E-state index < -0.39 is 0 Å². The maximum Gasteiger partial charge on any atom is 0.274 e. The van der Waals surface area contributed by atoms with Crippen LogP contribution in [0.5, 0.6) is 0 Å². The van der Waals surface area contributed by atoms with Crippen LogP contribution in [0.3, 0.4) is 0 Å². The molecule has 7 heteroatoms. The Morgan fingerprint density at radius 1 is 1.33 bits per heavy atom. The first-order valence-corrected chi connectivity index (χ1v) is 7.41. The molecule has 0 amide bonds. The summed E-state index contributed by atoms with van der Waals surface area (Å²) in [5, 5.41) is 13.4. The van der Waals surface area contributed by atoms with Crippen molar-refractivity contribution in [3.8, 4) is 17.7 Å². The molecule has 0 saturated carbocycles. The maximum absolute atomic E-state index is 8.77. The van der Waals surface area contributed by atoms with E-state index in [4.69, 9.17) is 21.4 Å². The number of hydrogen-bond donors (Lipinski definition) is 1. The summed E-state index contributed by atoms with van der Waals surface area (Å²) in [6.45, 7) is 0. The number of nitrogens with one attached hydrogen (secondary N) is 1. The van der Waals surface area contributed by atoms with E-state index in [0.717, 1.165) is 4.90 Å². The first kappa shape index (κ1) is 13.7. The Bertz CT molecular complexity index is 805. The average molecular weight is 317 g/mol. The summed E-state index contributed by atoms with van der Waals surface area (Å²) < 4.78 is 5.18. The monoisotopic (exact) mass is 316 g/mol. The van der Waals surface area contributed by atoms with E-state index in [1.807, 2.05) is 30.3 Å². The molecular weight excluding hydrogens is 308 g/mol. The molecule has 5 nitrogen and oxygen atoms in total. The molecule has 2 aromatic heterocycles. The second kappa shape index (κ2) is 6.04. The van der Waals surface area contributed by atoms with E-state index in [2.05, 4.69) is 15.1 Å². The quantitative estimate of drug-likeness (QED) is 0.739. The minimum Gasteiger partial charge on any atom is -0.342 e. The van der Waals surface area contributed by atoms with Crippen LogP contribution in [0.2, 0.25) is 5.02 Å². The number of aromatic nitrogens is 3. The fourth-order valence-corrected chi connectivity index (χ4v) is 2.76. The zero-order valence-corrected chi connectivity index (χ0v) is 12.3. The van der Waals surface area contributed by atoms with Gasteiger partial charge < -0.3 is 9.51 Å². The third-order valence-corrected chi connectivity index (χ3v) is 3.89. The topological polar surface area (TPSA) is 78.5 Å². The molecule has 0 atom stereocenters. The van der Waals surface area contributed by atoms with E-state index in [-0.39, 0.29) is 0 Å². The molecule has 0 unspecified atom stereocenters. The van der Waals surface area contributed by atoms with Crippen molar-refractivity contribution < 1.29 is 4.52 Å². The van der Waals surface area contributed by atoms with E-state index in [9.17, 15) is 0 Å². The molecular formula is C14H9ClN4OS. The maximum atomic E-state index is 8.77. The van der Waals surface area contributed by atoms with Crippen LogP contribution in [0.1, 0.15) is 11.5 Å². The van der Waals surface area contributed by atoms with Crippen LogP contribution in [-0.2, 0) is 5.75 Å². The largest absolute Gasteiger partial charge is 0.342 e. The van der Waals surface area contributed by atoms with Gasteiger partial charge in [-0.3, -0.25) is 0 Å². The van der Waals surface area contributed by atoms with Gasteiger partial charge >= 0.3 is 0 Å². The van der Waals surface area contributed by atoms with Gasteiger partial charge in [-0.1, -0.05) is 22.8 Å². The number of nitriles is 1. The van der Waals surface area contributed by atoms with Crippen LogP contribution < -0.4 is 0 Å². The summed E-state index contributed by atoms with van der Waals surface area (Å²) in [5.41, 5.74) is 1.09. The van der Waals surface area contributed by atoms with Crippen molar-refractivity contribution in [1.82, 2.24) is 15.1 Å². The number of hydrogen-bond acceptors (Lipinski definition) is 5. The number of benzene rings is 1. The van der Waals surface area contributed by atoms with Crippen LogP contribution >= 0.6 is 23.4 Å². The minimum absolute atomic E-state index is 0.373. The molecule has 21 heavy (non-hydrogen) atoms. The second-order valence-electron chi connectivity index (χ2n) is 4.16. The summed E-state index contributed by atoms with van der Waals surface area (Å²) in [4.78, 5) is 8.23. The normalized spacial score (nSPS) is 10.5. The lowest BCUT2D eigenvalue weighted by Gasteiger charge is -1.98. The summed E-state index contributed by atoms with van der Waals surface area (Å²) in [7, 11) is 0. The SMILES string of the molecule is N#Cc1ccc(-c2nc(CSc3cccc(Cl)c3)no2)[nH]1. The molecule has 0 fully saturated rings. The highest BCUT2D eigenvalue weighted by atomic mass is 35.5. The van der Waals surface area contributed by atoms with Gasteiger partial charge in [0, 0.05) is 9.92 Å². The van der Waals surface area contributed by atoms with E-state index in [1.54, 1.807) is 23.9 Å².